The van der Waals surface area contributed by atoms with Crippen LogP contribution in [0.1, 0.15) is 0 Å². The molecule has 54 heavy (non-hydrogen) atoms. The summed E-state index contributed by atoms with van der Waals surface area (Å²) >= 11 is 0. The highest BCUT2D eigenvalue weighted by Crippen LogP contribution is 2.49. The highest BCUT2D eigenvalue weighted by atomic mass is 14.2. The van der Waals surface area contributed by atoms with E-state index in [1.54, 1.807) is 0 Å². The lowest BCUT2D eigenvalue weighted by Gasteiger charge is -2.21. The van der Waals surface area contributed by atoms with E-state index in [1.807, 2.05) is 0 Å². The zero-order chi connectivity index (χ0) is 35.6. The highest BCUT2D eigenvalue weighted by Gasteiger charge is 2.21. The molecule has 0 atom stereocenters. The van der Waals surface area contributed by atoms with Gasteiger partial charge in [-0.15, -0.1) is 0 Å². The maximum atomic E-state index is 2.48. The van der Waals surface area contributed by atoms with Crippen molar-refractivity contribution in [2.45, 2.75) is 0 Å². The van der Waals surface area contributed by atoms with Crippen molar-refractivity contribution in [3.63, 3.8) is 0 Å². The molecule has 250 valence electrons. The summed E-state index contributed by atoms with van der Waals surface area (Å²) in [7, 11) is 0. The van der Waals surface area contributed by atoms with Crippen LogP contribution in [-0.2, 0) is 0 Å². The van der Waals surface area contributed by atoms with E-state index in [2.05, 4.69) is 206 Å². The minimum absolute atomic E-state index is 1.22. The average Bonchev–Trinajstić information content (AvgIpc) is 3.24. The Morgan fingerprint density at radius 2 is 0.611 bits per heavy atom. The summed E-state index contributed by atoms with van der Waals surface area (Å²) in [6, 6.07) is 76.2. The largest absolute Gasteiger partial charge is 0.0622 e. The Balaban J connectivity index is 1.30. The number of hydrogen-bond acceptors (Lipinski definition) is 0. The summed E-state index contributed by atoms with van der Waals surface area (Å²) in [5.74, 6) is 0. The maximum absolute atomic E-state index is 2.48. The van der Waals surface area contributed by atoms with Crippen LogP contribution in [0.2, 0.25) is 0 Å². The average molecular weight is 683 g/mol. The summed E-state index contributed by atoms with van der Waals surface area (Å²) < 4.78 is 0. The van der Waals surface area contributed by atoms with Gasteiger partial charge < -0.3 is 0 Å². The van der Waals surface area contributed by atoms with Crippen LogP contribution in [0.3, 0.4) is 0 Å². The van der Waals surface area contributed by atoms with Crippen molar-refractivity contribution in [3.05, 3.63) is 206 Å². The fourth-order valence-corrected chi connectivity index (χ4v) is 9.08. The first-order valence-electron chi connectivity index (χ1n) is 18.8. The standard InChI is InChI=1S/C54H34/c1-2-17-37(18-3-1)51-43-22-8-10-24-45(43)52(46-25-11-9-23-44(46)51)40-31-32-49-50(34-40)53(39-30-29-35-15-4-5-19-38(35)33-39)47-26-12-13-27-48(47)54(49)42-28-14-20-36-16-6-7-21-41(36)42/h1-34H. The minimum Gasteiger partial charge on any atom is -0.0622 e. The third-order valence-corrected chi connectivity index (χ3v) is 11.4. The highest BCUT2D eigenvalue weighted by molar-refractivity contribution is 6.26. The molecule has 0 aromatic heterocycles. The molecule has 0 amide bonds. The minimum atomic E-state index is 1.22. The predicted molar refractivity (Wildman–Crippen MR) is 233 cm³/mol. The molecule has 0 radical (unpaired) electrons. The van der Waals surface area contributed by atoms with Crippen LogP contribution in [0.4, 0.5) is 0 Å². The molecule has 0 heteroatoms. The molecule has 0 aliphatic heterocycles. The smallest absolute Gasteiger partial charge is 0.00201 e. The number of rotatable bonds is 4. The maximum Gasteiger partial charge on any atom is -0.00201 e. The van der Waals surface area contributed by atoms with Crippen molar-refractivity contribution in [3.8, 4) is 44.5 Å². The molecule has 0 aliphatic carbocycles. The predicted octanol–water partition coefficient (Wildman–Crippen LogP) is 15.3. The van der Waals surface area contributed by atoms with Crippen LogP contribution >= 0.6 is 0 Å². The van der Waals surface area contributed by atoms with Gasteiger partial charge in [-0.2, -0.15) is 0 Å². The molecule has 0 nitrogen and oxygen atoms in total. The van der Waals surface area contributed by atoms with E-state index in [4.69, 9.17) is 0 Å². The van der Waals surface area contributed by atoms with Gasteiger partial charge in [-0.25, -0.2) is 0 Å². The van der Waals surface area contributed by atoms with Gasteiger partial charge in [0.25, 0.3) is 0 Å². The Morgan fingerprint density at radius 3 is 1.26 bits per heavy atom. The van der Waals surface area contributed by atoms with Crippen molar-refractivity contribution in [2.24, 2.45) is 0 Å². The number of fused-ring (bicyclic) bond motifs is 6. The Morgan fingerprint density at radius 1 is 0.185 bits per heavy atom. The normalized spacial score (nSPS) is 11.7. The second-order valence-corrected chi connectivity index (χ2v) is 14.4. The van der Waals surface area contributed by atoms with E-state index in [9.17, 15) is 0 Å². The Kier molecular flexibility index (Phi) is 6.97. The van der Waals surface area contributed by atoms with E-state index >= 15 is 0 Å². The van der Waals surface area contributed by atoms with Gasteiger partial charge in [-0.3, -0.25) is 0 Å². The van der Waals surface area contributed by atoms with Crippen molar-refractivity contribution < 1.29 is 0 Å². The van der Waals surface area contributed by atoms with Crippen molar-refractivity contribution in [1.82, 2.24) is 0 Å². The van der Waals surface area contributed by atoms with Crippen LogP contribution in [0.15, 0.2) is 206 Å². The molecule has 11 rings (SSSR count). The first kappa shape index (κ1) is 30.6. The van der Waals surface area contributed by atoms with Crippen LogP contribution in [0.5, 0.6) is 0 Å². The zero-order valence-corrected chi connectivity index (χ0v) is 29.6. The first-order valence-corrected chi connectivity index (χ1v) is 18.8. The second-order valence-electron chi connectivity index (χ2n) is 14.4. The van der Waals surface area contributed by atoms with Crippen LogP contribution < -0.4 is 0 Å². The van der Waals surface area contributed by atoms with Gasteiger partial charge in [-0.1, -0.05) is 194 Å². The molecule has 11 aromatic carbocycles. The lowest BCUT2D eigenvalue weighted by molar-refractivity contribution is 1.66. The van der Waals surface area contributed by atoms with Crippen LogP contribution in [0.25, 0.3) is 109 Å². The fraction of sp³-hybridized carbons (Fsp3) is 0. The van der Waals surface area contributed by atoms with Crippen molar-refractivity contribution in [1.29, 1.82) is 0 Å². The molecule has 11 aromatic rings. The lowest BCUT2D eigenvalue weighted by Crippen LogP contribution is -1.94. The van der Waals surface area contributed by atoms with E-state index in [0.29, 0.717) is 0 Å². The van der Waals surface area contributed by atoms with E-state index in [1.165, 1.54) is 109 Å². The topological polar surface area (TPSA) is 0 Å². The summed E-state index contributed by atoms with van der Waals surface area (Å²) in [4.78, 5) is 0. The summed E-state index contributed by atoms with van der Waals surface area (Å²) in [5.41, 5.74) is 10.0. The Bertz CT molecular complexity index is 3200. The van der Waals surface area contributed by atoms with Gasteiger partial charge in [0, 0.05) is 0 Å². The molecule has 0 unspecified atom stereocenters. The monoisotopic (exact) mass is 682 g/mol. The van der Waals surface area contributed by atoms with Crippen molar-refractivity contribution in [2.75, 3.05) is 0 Å². The van der Waals surface area contributed by atoms with E-state index < -0.39 is 0 Å². The molecule has 0 aliphatic rings. The number of hydrogen-bond donors (Lipinski definition) is 0. The third-order valence-electron chi connectivity index (χ3n) is 11.4. The Labute approximate surface area is 314 Å². The lowest BCUT2D eigenvalue weighted by atomic mass is 9.82. The zero-order valence-electron chi connectivity index (χ0n) is 29.6. The summed E-state index contributed by atoms with van der Waals surface area (Å²) in [6.45, 7) is 0. The van der Waals surface area contributed by atoms with Gasteiger partial charge in [0.1, 0.15) is 0 Å². The molecule has 0 N–H and O–H groups in total. The quantitative estimate of drug-likeness (QED) is 0.162. The van der Waals surface area contributed by atoms with Gasteiger partial charge >= 0.3 is 0 Å². The van der Waals surface area contributed by atoms with Gasteiger partial charge in [0.2, 0.25) is 0 Å². The number of benzene rings is 11. The molecule has 0 bridgehead atoms. The summed E-state index contributed by atoms with van der Waals surface area (Å²) in [5, 5.41) is 15.1. The van der Waals surface area contributed by atoms with Crippen LogP contribution in [-0.4, -0.2) is 0 Å². The van der Waals surface area contributed by atoms with Gasteiger partial charge in [-0.05, 0) is 121 Å². The summed E-state index contributed by atoms with van der Waals surface area (Å²) in [6.07, 6.45) is 0. The molecule has 0 heterocycles. The van der Waals surface area contributed by atoms with E-state index in [0.717, 1.165) is 0 Å². The molecule has 0 saturated heterocycles. The van der Waals surface area contributed by atoms with Crippen LogP contribution in [0, 0.1) is 0 Å². The molecular formula is C54H34. The first-order chi connectivity index (χ1) is 26.8. The van der Waals surface area contributed by atoms with Crippen molar-refractivity contribution >= 4 is 64.6 Å². The second kappa shape index (κ2) is 12.3. The Hall–Kier alpha value is -7.02. The fourth-order valence-electron chi connectivity index (χ4n) is 9.08. The molecule has 0 saturated carbocycles. The SMILES string of the molecule is c1ccc(-c2c3ccccc3c(-c3ccc4c(-c5cccc6ccccc56)c5ccccc5c(-c5ccc6ccccc6c5)c4c3)c3ccccc23)cc1. The van der Waals surface area contributed by atoms with Gasteiger partial charge in [0.15, 0.2) is 0 Å². The third kappa shape index (κ3) is 4.71. The molecular weight excluding hydrogens is 649 g/mol. The molecule has 0 fully saturated rings. The van der Waals surface area contributed by atoms with E-state index in [-0.39, 0.29) is 0 Å². The van der Waals surface area contributed by atoms with Gasteiger partial charge in [0.05, 0.1) is 0 Å². The molecule has 0 spiro atoms.